The van der Waals surface area contributed by atoms with Crippen LogP contribution in [0.3, 0.4) is 0 Å². The largest absolute Gasteiger partial charge is 0.504 e. The summed E-state index contributed by atoms with van der Waals surface area (Å²) in [4.78, 5) is 9.38. The van der Waals surface area contributed by atoms with Crippen molar-refractivity contribution in [1.82, 2.24) is 15.0 Å². The van der Waals surface area contributed by atoms with Gasteiger partial charge in [0.15, 0.2) is 21.8 Å². The summed E-state index contributed by atoms with van der Waals surface area (Å²) in [6.45, 7) is -0.904. The van der Waals surface area contributed by atoms with Crippen molar-refractivity contribution >= 4 is 97.8 Å². The molecule has 11 N–H and O–H groups in total. The monoisotopic (exact) mass is 971 g/mol. The fraction of sp³-hybridized carbons (Fsp3) is 0.0645. The summed E-state index contributed by atoms with van der Waals surface area (Å²) in [6, 6.07) is 16.1. The molecule has 5 rings (SSSR count). The molecular formula is C31H29N11O16S5. The number of sulfone groups is 1. The van der Waals surface area contributed by atoms with E-state index < -0.39 is 119 Å². The lowest BCUT2D eigenvalue weighted by Crippen LogP contribution is -2.15. The van der Waals surface area contributed by atoms with E-state index in [1.54, 1.807) is 12.3 Å². The number of amidine groups is 1. The van der Waals surface area contributed by atoms with Gasteiger partial charge in [0.2, 0.25) is 23.7 Å². The van der Waals surface area contributed by atoms with Crippen molar-refractivity contribution < 1.29 is 70.3 Å². The normalized spacial score (nSPS) is 13.0. The topological polar surface area (TPSA) is 435 Å². The van der Waals surface area contributed by atoms with Crippen LogP contribution in [0.15, 0.2) is 120 Å². The predicted octanol–water partition coefficient (Wildman–Crippen LogP) is 4.18. The molecule has 0 amide bonds. The van der Waals surface area contributed by atoms with Crippen molar-refractivity contribution in [2.75, 3.05) is 33.7 Å². The van der Waals surface area contributed by atoms with Gasteiger partial charge >= 0.3 is 10.4 Å². The summed E-state index contributed by atoms with van der Waals surface area (Å²) in [6.07, 6.45) is 1.57. The molecule has 0 saturated heterocycles. The van der Waals surface area contributed by atoms with Crippen LogP contribution in [-0.4, -0.2) is 99.2 Å². The van der Waals surface area contributed by atoms with Gasteiger partial charge in [-0.2, -0.15) is 50.6 Å². The number of hydrogen-bond donors (Lipinski definition) is 11. The zero-order chi connectivity index (χ0) is 46.4. The summed E-state index contributed by atoms with van der Waals surface area (Å²) in [5.41, 5.74) is 0.604. The quantitative estimate of drug-likeness (QED) is 0.00909. The third-order valence-electron chi connectivity index (χ3n) is 7.56. The number of aromatic hydroxyl groups is 1. The van der Waals surface area contributed by atoms with Gasteiger partial charge in [0.25, 0.3) is 20.2 Å². The van der Waals surface area contributed by atoms with Crippen LogP contribution >= 0.6 is 10.9 Å². The predicted molar refractivity (Wildman–Crippen MR) is 221 cm³/mol. The Morgan fingerprint density at radius 2 is 1.35 bits per heavy atom. The maximum absolute atomic E-state index is 12.8. The van der Waals surface area contributed by atoms with E-state index in [4.69, 9.17) is 4.55 Å². The smallest absolute Gasteiger partial charge is 0.397 e. The summed E-state index contributed by atoms with van der Waals surface area (Å²) < 4.78 is 158. The standard InChI is InChI=1S/C31H29N11O16S5/c32-17-33-29-36-30(34-19-7-4-8-20(13-19)59(44,45)12-11-58-63(55,56)57)38-31(37-29)35-24-15-22(61(49,50)51)16-25(27(24)43)40-42-28(18-5-2-1-3-6-18)41-39-23-14-21(60(46,47)48)9-10-26(23)62(52,53)54/h1-10,13-16,39,43,46-48H,11-12H2,(H,49,50,51)(H,52,53,54)(H,55,56,57)(H3,33,34,35,36,37,38)/b41-28-,42-40?. The van der Waals surface area contributed by atoms with Crippen LogP contribution in [0.25, 0.3) is 0 Å². The Balaban J connectivity index is 1.53. The van der Waals surface area contributed by atoms with E-state index in [2.05, 4.69) is 55.8 Å². The molecule has 27 nitrogen and oxygen atoms in total. The molecule has 63 heavy (non-hydrogen) atoms. The molecule has 0 aliphatic carbocycles. The van der Waals surface area contributed by atoms with Crippen molar-refractivity contribution in [1.29, 1.82) is 5.26 Å². The van der Waals surface area contributed by atoms with E-state index in [1.807, 2.05) is 0 Å². The van der Waals surface area contributed by atoms with Crippen molar-refractivity contribution in [3.05, 3.63) is 90.5 Å². The lowest BCUT2D eigenvalue weighted by molar-refractivity contribution is 0.284. The summed E-state index contributed by atoms with van der Waals surface area (Å²) in [5, 5.41) is 39.6. The number of anilines is 6. The lowest BCUT2D eigenvalue weighted by Gasteiger charge is -2.20. The Kier molecular flexibility index (Phi) is 14.2. The van der Waals surface area contributed by atoms with Gasteiger partial charge in [0, 0.05) is 11.3 Å². The van der Waals surface area contributed by atoms with Crippen LogP contribution in [0.5, 0.6) is 5.75 Å². The van der Waals surface area contributed by atoms with Crippen LogP contribution < -0.4 is 21.4 Å². The molecule has 0 spiro atoms. The molecule has 0 aliphatic heterocycles. The Labute approximate surface area is 357 Å². The van der Waals surface area contributed by atoms with Gasteiger partial charge in [-0.25, -0.2) is 12.6 Å². The van der Waals surface area contributed by atoms with E-state index in [-0.39, 0.29) is 22.1 Å². The van der Waals surface area contributed by atoms with E-state index in [0.717, 1.165) is 36.4 Å². The molecule has 5 aromatic rings. The number of phenols is 1. The van der Waals surface area contributed by atoms with Gasteiger partial charge in [-0.15, -0.1) is 10.2 Å². The molecule has 1 aromatic heterocycles. The number of nitrogens with zero attached hydrogens (tertiary/aromatic N) is 7. The lowest BCUT2D eigenvalue weighted by atomic mass is 10.2. The van der Waals surface area contributed by atoms with Crippen molar-refractivity contribution in [3.8, 4) is 11.9 Å². The highest BCUT2D eigenvalue weighted by molar-refractivity contribution is 8.19. The van der Waals surface area contributed by atoms with E-state index >= 15 is 0 Å². The van der Waals surface area contributed by atoms with Gasteiger partial charge in [-0.05, 0) is 48.5 Å². The number of aromatic nitrogens is 3. The average molecular weight is 972 g/mol. The summed E-state index contributed by atoms with van der Waals surface area (Å²) in [7, 11) is -23.6. The second kappa shape index (κ2) is 18.9. The SMILES string of the molecule is N#CNc1nc(Nc2cccc(S(=O)(=O)CCOS(=O)(=O)O)c2)nc(Nc2cc(S(=O)(=O)O)cc(N=N/C(=N\Nc3cc(S(O)(O)O)ccc3S(=O)(=O)O)c3ccccc3)c2O)n1. The fourth-order valence-corrected chi connectivity index (χ4v) is 8.04. The van der Waals surface area contributed by atoms with Gasteiger partial charge in [-0.1, -0.05) is 36.4 Å². The third kappa shape index (κ3) is 13.3. The molecule has 0 saturated carbocycles. The average Bonchev–Trinajstić information content (AvgIpc) is 3.18. The molecule has 0 bridgehead atoms. The van der Waals surface area contributed by atoms with Crippen molar-refractivity contribution in [2.24, 2.45) is 15.3 Å². The van der Waals surface area contributed by atoms with Gasteiger partial charge in [-0.3, -0.25) is 24.4 Å². The number of hydrazone groups is 1. The van der Waals surface area contributed by atoms with E-state index in [1.165, 1.54) is 36.4 Å². The second-order valence-corrected chi connectivity index (χ2v) is 19.5. The highest BCUT2D eigenvalue weighted by atomic mass is 32.3. The first kappa shape index (κ1) is 47.6. The minimum Gasteiger partial charge on any atom is -0.504 e. The summed E-state index contributed by atoms with van der Waals surface area (Å²) >= 11 is 0. The first-order valence-electron chi connectivity index (χ1n) is 16.5. The molecule has 32 heteroatoms. The molecule has 1 heterocycles. The zero-order valence-electron chi connectivity index (χ0n) is 31.0. The highest BCUT2D eigenvalue weighted by Crippen LogP contribution is 2.45. The van der Waals surface area contributed by atoms with E-state index in [0.29, 0.717) is 6.07 Å². The minimum absolute atomic E-state index is 0.0162. The Hall–Kier alpha value is -6.48. The van der Waals surface area contributed by atoms with Crippen molar-refractivity contribution in [3.63, 3.8) is 0 Å². The Bertz CT molecular complexity index is 3110. The molecule has 0 radical (unpaired) electrons. The molecule has 0 fully saturated rings. The highest BCUT2D eigenvalue weighted by Gasteiger charge is 2.24. The minimum atomic E-state index is -5.08. The third-order valence-corrected chi connectivity index (χ3v) is 12.3. The Morgan fingerprint density at radius 1 is 0.698 bits per heavy atom. The maximum Gasteiger partial charge on any atom is 0.397 e. The summed E-state index contributed by atoms with van der Waals surface area (Å²) in [5.74, 6) is -3.50. The van der Waals surface area contributed by atoms with Gasteiger partial charge in [0.1, 0.15) is 21.5 Å². The molecule has 0 unspecified atom stereocenters. The number of hydrogen-bond acceptors (Lipinski definition) is 23. The second-order valence-electron chi connectivity index (χ2n) is 12.0. The number of rotatable bonds is 17. The molecule has 4 aromatic carbocycles. The van der Waals surface area contributed by atoms with Crippen molar-refractivity contribution in [2.45, 2.75) is 19.6 Å². The number of azo groups is 1. The van der Waals surface area contributed by atoms with Crippen LogP contribution in [0.4, 0.5) is 40.6 Å². The maximum atomic E-state index is 12.8. The number of nitrogens with one attached hydrogen (secondary N) is 4. The van der Waals surface area contributed by atoms with Crippen LogP contribution in [-0.2, 0) is 44.7 Å². The Morgan fingerprint density at radius 3 is 1.97 bits per heavy atom. The van der Waals surface area contributed by atoms with Crippen LogP contribution in [0.1, 0.15) is 5.56 Å². The number of nitriles is 1. The van der Waals surface area contributed by atoms with E-state index in [9.17, 15) is 66.8 Å². The van der Waals surface area contributed by atoms with Gasteiger partial charge < -0.3 is 29.4 Å². The molecule has 0 aliphatic rings. The fourth-order valence-electron chi connectivity index (χ4n) is 4.83. The number of benzene rings is 4. The molecule has 0 atom stereocenters. The van der Waals surface area contributed by atoms with Crippen LogP contribution in [0, 0.1) is 11.5 Å². The first-order chi connectivity index (χ1) is 29.3. The zero-order valence-corrected chi connectivity index (χ0v) is 35.1. The van der Waals surface area contributed by atoms with Gasteiger partial charge in [0.05, 0.1) is 38.4 Å². The van der Waals surface area contributed by atoms with Crippen LogP contribution in [0.2, 0.25) is 0 Å². The molecular weight excluding hydrogens is 943 g/mol. The first-order valence-corrected chi connectivity index (χ1v) is 23.9. The molecule has 334 valence electrons. The number of phenolic OH excluding ortho intramolecular Hbond substituents is 1.